The summed E-state index contributed by atoms with van der Waals surface area (Å²) in [5.41, 5.74) is 1.73. The fourth-order valence-electron chi connectivity index (χ4n) is 5.22. The van der Waals surface area contributed by atoms with Crippen LogP contribution in [0, 0.1) is 0 Å². The molecule has 5 rings (SSSR count). The molecule has 6 nitrogen and oxygen atoms in total. The summed E-state index contributed by atoms with van der Waals surface area (Å²) in [6, 6.07) is 10.6. The van der Waals surface area contributed by atoms with E-state index in [0.29, 0.717) is 23.8 Å². The van der Waals surface area contributed by atoms with E-state index < -0.39 is 12.1 Å². The highest BCUT2D eigenvalue weighted by Crippen LogP contribution is 2.42. The van der Waals surface area contributed by atoms with Gasteiger partial charge in [0.25, 0.3) is 0 Å². The molecule has 164 valence electrons. The third-order valence-electron chi connectivity index (χ3n) is 6.83. The van der Waals surface area contributed by atoms with Crippen LogP contribution >= 0.6 is 23.2 Å². The molecule has 2 fully saturated rings. The molecule has 8 heteroatoms. The largest absolute Gasteiger partial charge is 0.487 e. The number of aliphatic hydroxyl groups excluding tert-OH is 1. The first-order valence-corrected chi connectivity index (χ1v) is 11.3. The van der Waals surface area contributed by atoms with Gasteiger partial charge < -0.3 is 19.8 Å². The van der Waals surface area contributed by atoms with Crippen molar-refractivity contribution < 1.29 is 19.7 Å². The third kappa shape index (κ3) is 3.87. The Kier molecular flexibility index (Phi) is 5.29. The maximum Gasteiger partial charge on any atom is 0.337 e. The van der Waals surface area contributed by atoms with Gasteiger partial charge >= 0.3 is 5.97 Å². The lowest BCUT2D eigenvalue weighted by atomic mass is 9.86. The molecule has 3 aliphatic rings. The summed E-state index contributed by atoms with van der Waals surface area (Å²) in [6.07, 6.45) is 2.07. The zero-order valence-electron chi connectivity index (χ0n) is 16.9. The number of rotatable bonds is 3. The average Bonchev–Trinajstić information content (AvgIpc) is 3.28. The molecule has 0 saturated carbocycles. The first-order chi connectivity index (χ1) is 14.8. The lowest BCUT2D eigenvalue weighted by Crippen LogP contribution is -2.53. The van der Waals surface area contributed by atoms with E-state index in [-0.39, 0.29) is 17.2 Å². The van der Waals surface area contributed by atoms with Crippen LogP contribution in [0.1, 0.15) is 28.8 Å². The molecular weight excluding hydrogens is 439 g/mol. The number of likely N-dealkylation sites (tertiary alicyclic amines) is 1. The number of carboxylic acids is 1. The molecule has 2 aromatic carbocycles. The quantitative estimate of drug-likeness (QED) is 0.723. The van der Waals surface area contributed by atoms with Gasteiger partial charge in [-0.3, -0.25) is 4.90 Å². The number of piperidine rings is 1. The highest BCUT2D eigenvalue weighted by molar-refractivity contribution is 6.31. The van der Waals surface area contributed by atoms with Gasteiger partial charge in [-0.05, 0) is 42.0 Å². The van der Waals surface area contributed by atoms with Crippen molar-refractivity contribution in [1.29, 1.82) is 0 Å². The second-order valence-electron chi connectivity index (χ2n) is 8.76. The van der Waals surface area contributed by atoms with Crippen LogP contribution in [0.5, 0.6) is 5.75 Å². The topological polar surface area (TPSA) is 73.2 Å². The molecule has 3 heterocycles. The summed E-state index contributed by atoms with van der Waals surface area (Å²) in [6.45, 7) is 2.62. The van der Waals surface area contributed by atoms with E-state index in [1.165, 1.54) is 6.07 Å². The van der Waals surface area contributed by atoms with Gasteiger partial charge in [-0.1, -0.05) is 23.2 Å². The molecule has 3 aliphatic heterocycles. The molecule has 2 saturated heterocycles. The van der Waals surface area contributed by atoms with E-state index in [9.17, 15) is 15.0 Å². The Morgan fingerprint density at radius 3 is 2.52 bits per heavy atom. The molecule has 2 N–H and O–H groups in total. The zero-order chi connectivity index (χ0) is 21.8. The number of fused-ring (bicyclic) bond motifs is 1. The second-order valence-corrected chi connectivity index (χ2v) is 9.63. The van der Waals surface area contributed by atoms with Crippen LogP contribution in [-0.2, 0) is 6.42 Å². The van der Waals surface area contributed by atoms with Crippen molar-refractivity contribution in [1.82, 2.24) is 4.90 Å². The number of anilines is 1. The van der Waals surface area contributed by atoms with Gasteiger partial charge in [-0.15, -0.1) is 0 Å². The van der Waals surface area contributed by atoms with Crippen molar-refractivity contribution in [2.75, 3.05) is 31.1 Å². The summed E-state index contributed by atoms with van der Waals surface area (Å²) in [5, 5.41) is 21.5. The van der Waals surface area contributed by atoms with Gasteiger partial charge in [-0.25, -0.2) is 4.79 Å². The fourth-order valence-corrected chi connectivity index (χ4v) is 5.59. The van der Waals surface area contributed by atoms with Crippen LogP contribution in [0.25, 0.3) is 0 Å². The molecule has 2 unspecified atom stereocenters. The summed E-state index contributed by atoms with van der Waals surface area (Å²) >= 11 is 12.1. The number of halogens is 2. The monoisotopic (exact) mass is 462 g/mol. The number of hydrogen-bond acceptors (Lipinski definition) is 5. The number of ether oxygens (including phenoxy) is 1. The van der Waals surface area contributed by atoms with Crippen molar-refractivity contribution in [3.05, 3.63) is 57.6 Å². The predicted octanol–water partition coefficient (Wildman–Crippen LogP) is 3.71. The van der Waals surface area contributed by atoms with E-state index in [2.05, 4.69) is 4.90 Å². The van der Waals surface area contributed by atoms with Gasteiger partial charge in [0.05, 0.1) is 23.4 Å². The molecular formula is C23H24Cl2N2O4. The number of aliphatic hydroxyl groups is 1. The fraction of sp³-hybridized carbons (Fsp3) is 0.435. The van der Waals surface area contributed by atoms with Crippen molar-refractivity contribution in [2.45, 2.75) is 37.0 Å². The Morgan fingerprint density at radius 2 is 1.77 bits per heavy atom. The second kappa shape index (κ2) is 7.85. The number of benzene rings is 2. The predicted molar refractivity (Wildman–Crippen MR) is 120 cm³/mol. The first-order valence-electron chi connectivity index (χ1n) is 10.5. The van der Waals surface area contributed by atoms with Crippen LogP contribution in [-0.4, -0.2) is 65.0 Å². The molecule has 2 atom stereocenters. The van der Waals surface area contributed by atoms with Crippen LogP contribution in [0.15, 0.2) is 36.4 Å². The number of hydrogen-bond donors (Lipinski definition) is 2. The Morgan fingerprint density at radius 1 is 1.06 bits per heavy atom. The van der Waals surface area contributed by atoms with Crippen molar-refractivity contribution in [2.24, 2.45) is 0 Å². The van der Waals surface area contributed by atoms with Gasteiger partial charge in [0.2, 0.25) is 0 Å². The number of nitrogens with zero attached hydrogens (tertiary/aromatic N) is 2. The minimum absolute atomic E-state index is 0.0482. The van der Waals surface area contributed by atoms with Gasteiger partial charge in [0, 0.05) is 55.5 Å². The molecule has 0 amide bonds. The summed E-state index contributed by atoms with van der Waals surface area (Å²) < 4.78 is 6.34. The molecule has 0 aliphatic carbocycles. The lowest BCUT2D eigenvalue weighted by Gasteiger charge is -2.41. The maximum atomic E-state index is 11.7. The standard InChI is InChI=1S/C23H24Cl2N2O4/c24-15-2-4-21-14(9-15)11-23(31-21)5-7-26(8-6-23)19-12-27(13-20(19)28)18-3-1-16(25)10-17(18)22(29)30/h1-4,9-10,19-20,28H,5-8,11-13H2,(H,29,30). The Balaban J connectivity index is 1.27. The summed E-state index contributed by atoms with van der Waals surface area (Å²) in [7, 11) is 0. The highest BCUT2D eigenvalue weighted by atomic mass is 35.5. The number of carbonyl (C=O) groups is 1. The van der Waals surface area contributed by atoms with E-state index in [4.69, 9.17) is 27.9 Å². The van der Waals surface area contributed by atoms with Crippen molar-refractivity contribution >= 4 is 34.9 Å². The minimum atomic E-state index is -1.02. The van der Waals surface area contributed by atoms with Crippen LogP contribution in [0.3, 0.4) is 0 Å². The van der Waals surface area contributed by atoms with E-state index in [1.807, 2.05) is 23.1 Å². The summed E-state index contributed by atoms with van der Waals surface area (Å²) in [5.74, 6) is -0.0951. The van der Waals surface area contributed by atoms with Crippen LogP contribution < -0.4 is 9.64 Å². The molecule has 31 heavy (non-hydrogen) atoms. The number of aromatic carboxylic acids is 1. The lowest BCUT2D eigenvalue weighted by molar-refractivity contribution is -0.0107. The van der Waals surface area contributed by atoms with Crippen LogP contribution in [0.4, 0.5) is 5.69 Å². The molecule has 0 bridgehead atoms. The number of carboxylic acid groups (broad SMARTS) is 1. The van der Waals surface area contributed by atoms with Crippen molar-refractivity contribution in [3.63, 3.8) is 0 Å². The van der Waals surface area contributed by atoms with E-state index in [0.717, 1.165) is 48.7 Å². The summed E-state index contributed by atoms with van der Waals surface area (Å²) in [4.78, 5) is 15.9. The highest BCUT2D eigenvalue weighted by Gasteiger charge is 2.45. The minimum Gasteiger partial charge on any atom is -0.487 e. The van der Waals surface area contributed by atoms with Gasteiger partial charge in [0.1, 0.15) is 11.4 Å². The molecule has 2 aromatic rings. The zero-order valence-corrected chi connectivity index (χ0v) is 18.4. The average molecular weight is 463 g/mol. The Hall–Kier alpha value is -1.99. The van der Waals surface area contributed by atoms with E-state index in [1.54, 1.807) is 12.1 Å². The third-order valence-corrected chi connectivity index (χ3v) is 7.30. The normalized spacial score (nSPS) is 24.9. The smallest absolute Gasteiger partial charge is 0.337 e. The van der Waals surface area contributed by atoms with Gasteiger partial charge in [-0.2, -0.15) is 0 Å². The molecule has 0 aromatic heterocycles. The molecule has 0 radical (unpaired) electrons. The first kappa shape index (κ1) is 20.9. The van der Waals surface area contributed by atoms with Crippen LogP contribution in [0.2, 0.25) is 10.0 Å². The van der Waals surface area contributed by atoms with Gasteiger partial charge in [0.15, 0.2) is 0 Å². The maximum absolute atomic E-state index is 11.7. The van der Waals surface area contributed by atoms with Crippen molar-refractivity contribution in [3.8, 4) is 5.75 Å². The Labute approximate surface area is 190 Å². The number of β-amino-alcohol motifs (C(OH)–C–C–N with tert-alkyl or cyclic N) is 1. The van der Waals surface area contributed by atoms with E-state index >= 15 is 0 Å². The molecule has 1 spiro atoms. The Bertz CT molecular complexity index is 1020. The SMILES string of the molecule is O=C(O)c1cc(Cl)ccc1N1CC(O)C(N2CCC3(CC2)Cc2cc(Cl)ccc2O3)C1.